The summed E-state index contributed by atoms with van der Waals surface area (Å²) in [6.45, 7) is 4.34. The number of hydrogen-bond donors (Lipinski definition) is 2. The molecule has 1 aromatic carbocycles. The van der Waals surface area contributed by atoms with Gasteiger partial charge in [-0.15, -0.1) is 0 Å². The second kappa shape index (κ2) is 10.1. The van der Waals surface area contributed by atoms with Crippen LogP contribution >= 0.6 is 0 Å². The number of aryl methyl sites for hydroxylation is 1. The normalized spacial score (nSPS) is 11.3. The van der Waals surface area contributed by atoms with Crippen LogP contribution in [0.15, 0.2) is 53.4 Å². The minimum atomic E-state index is -0.580. The summed E-state index contributed by atoms with van der Waals surface area (Å²) in [7, 11) is 0. The Morgan fingerprint density at radius 3 is 2.56 bits per heavy atom. The van der Waals surface area contributed by atoms with E-state index >= 15 is 0 Å². The van der Waals surface area contributed by atoms with Crippen molar-refractivity contribution in [2.75, 3.05) is 0 Å². The van der Waals surface area contributed by atoms with Gasteiger partial charge >= 0.3 is 0 Å². The van der Waals surface area contributed by atoms with E-state index in [4.69, 9.17) is 0 Å². The molecule has 2 aromatic rings. The van der Waals surface area contributed by atoms with Gasteiger partial charge in [0.25, 0.3) is 17.4 Å². The molecule has 0 fully saturated rings. The van der Waals surface area contributed by atoms with Crippen molar-refractivity contribution in [2.24, 2.45) is 0 Å². The quantitative estimate of drug-likeness (QED) is 0.340. The Morgan fingerprint density at radius 2 is 1.85 bits per heavy atom. The third-order valence-corrected chi connectivity index (χ3v) is 3.91. The largest absolute Gasteiger partial charge is 0.290 e. The first-order chi connectivity index (χ1) is 13.1. The van der Waals surface area contributed by atoms with E-state index in [1.165, 1.54) is 10.8 Å². The molecule has 0 spiro atoms. The van der Waals surface area contributed by atoms with E-state index in [-0.39, 0.29) is 11.3 Å². The van der Waals surface area contributed by atoms with Crippen molar-refractivity contribution in [1.82, 2.24) is 20.6 Å². The zero-order valence-corrected chi connectivity index (χ0v) is 15.6. The first-order valence-corrected chi connectivity index (χ1v) is 8.98. The van der Waals surface area contributed by atoms with Crippen LogP contribution in [0.5, 0.6) is 0 Å². The second-order valence-corrected chi connectivity index (χ2v) is 5.96. The highest BCUT2D eigenvalue weighted by Gasteiger charge is 2.16. The Bertz CT molecular complexity index is 928. The lowest BCUT2D eigenvalue weighted by Crippen LogP contribution is -2.42. The smallest absolute Gasteiger partial charge is 0.268 e. The molecule has 142 valence electrons. The Hall–Kier alpha value is -3.22. The molecule has 0 aliphatic heterocycles. The molecule has 1 heterocycles. The van der Waals surface area contributed by atoms with E-state index in [0.29, 0.717) is 17.3 Å². The lowest BCUT2D eigenvalue weighted by Gasteiger charge is -2.11. The molecule has 0 bridgehead atoms. The van der Waals surface area contributed by atoms with Crippen molar-refractivity contribution >= 4 is 22.6 Å². The molecule has 2 N–H and O–H groups in total. The predicted octanol–water partition coefficient (Wildman–Crippen LogP) is 2.48. The minimum absolute atomic E-state index is 0.0967. The number of fused-ring (bicyclic) bond motifs is 1. The van der Waals surface area contributed by atoms with Crippen LogP contribution in [-0.4, -0.2) is 21.6 Å². The molecular formula is C20H24N4O3. The van der Waals surface area contributed by atoms with Crippen LogP contribution in [0.1, 0.15) is 43.6 Å². The molecule has 1 aromatic heterocycles. The fraction of sp³-hybridized carbons (Fsp3) is 0.300. The number of nitrogens with zero attached hydrogens (tertiary/aromatic N) is 2. The third-order valence-electron chi connectivity index (χ3n) is 3.91. The molecule has 27 heavy (non-hydrogen) atoms. The van der Waals surface area contributed by atoms with E-state index in [9.17, 15) is 14.4 Å². The number of hydrazine groups is 1. The van der Waals surface area contributed by atoms with E-state index in [1.807, 2.05) is 6.92 Å². The summed E-state index contributed by atoms with van der Waals surface area (Å²) in [6, 6.07) is 6.82. The second-order valence-electron chi connectivity index (χ2n) is 5.96. The monoisotopic (exact) mass is 368 g/mol. The van der Waals surface area contributed by atoms with E-state index in [2.05, 4.69) is 22.9 Å². The van der Waals surface area contributed by atoms with Crippen molar-refractivity contribution < 1.29 is 9.59 Å². The van der Waals surface area contributed by atoms with Gasteiger partial charge in [-0.25, -0.2) is 4.68 Å². The van der Waals surface area contributed by atoms with Gasteiger partial charge < -0.3 is 0 Å². The Kier molecular flexibility index (Phi) is 7.49. The molecule has 0 aliphatic carbocycles. The Balaban J connectivity index is 2.27. The SMILES string of the molecule is C/C=C/C=C/C(=O)NNC(=O)c1nn(CCCCC)c(=O)c2ccccc12. The van der Waals surface area contributed by atoms with Crippen molar-refractivity contribution in [3.05, 3.63) is 64.6 Å². The minimum Gasteiger partial charge on any atom is -0.268 e. The maximum Gasteiger partial charge on any atom is 0.290 e. The summed E-state index contributed by atoms with van der Waals surface area (Å²) in [6.07, 6.45) is 9.11. The standard InChI is InChI=1S/C20H24N4O3/c1-3-5-7-13-17(25)21-22-19(26)18-15-11-8-9-12-16(15)20(27)24(23-18)14-10-6-4-2/h3,5,7-9,11-13H,4,6,10,14H2,1-2H3,(H,21,25)(H,22,26)/b5-3+,13-7+. The van der Waals surface area contributed by atoms with E-state index < -0.39 is 11.8 Å². The molecule has 2 amide bonds. The number of carbonyl (C=O) groups excluding carboxylic acids is 2. The summed E-state index contributed by atoms with van der Waals surface area (Å²) in [5.41, 5.74) is 4.52. The number of allylic oxidation sites excluding steroid dienone is 3. The predicted molar refractivity (Wildman–Crippen MR) is 105 cm³/mol. The summed E-state index contributed by atoms with van der Waals surface area (Å²) in [5.74, 6) is -1.05. The average molecular weight is 368 g/mol. The van der Waals surface area contributed by atoms with Crippen LogP contribution in [0.4, 0.5) is 0 Å². The summed E-state index contributed by atoms with van der Waals surface area (Å²) in [4.78, 5) is 36.8. The number of aromatic nitrogens is 2. The van der Waals surface area contributed by atoms with Crippen LogP contribution in [-0.2, 0) is 11.3 Å². The van der Waals surface area contributed by atoms with Gasteiger partial charge in [-0.2, -0.15) is 5.10 Å². The number of unbranched alkanes of at least 4 members (excludes halogenated alkanes) is 2. The fourth-order valence-electron chi connectivity index (χ4n) is 2.54. The number of nitrogens with one attached hydrogen (secondary N) is 2. The molecule has 7 heteroatoms. The molecule has 0 unspecified atom stereocenters. The lowest BCUT2D eigenvalue weighted by atomic mass is 10.1. The highest BCUT2D eigenvalue weighted by Crippen LogP contribution is 2.13. The van der Waals surface area contributed by atoms with Crippen molar-refractivity contribution in [3.8, 4) is 0 Å². The van der Waals surface area contributed by atoms with Gasteiger partial charge in [0, 0.05) is 18.0 Å². The zero-order valence-electron chi connectivity index (χ0n) is 15.6. The summed E-state index contributed by atoms with van der Waals surface area (Å²) >= 11 is 0. The van der Waals surface area contributed by atoms with Gasteiger partial charge in [0.1, 0.15) is 0 Å². The van der Waals surface area contributed by atoms with Crippen LogP contribution in [0, 0.1) is 0 Å². The molecule has 0 saturated carbocycles. The van der Waals surface area contributed by atoms with Crippen LogP contribution < -0.4 is 16.4 Å². The molecule has 0 atom stereocenters. The van der Waals surface area contributed by atoms with Crippen molar-refractivity contribution in [3.63, 3.8) is 0 Å². The van der Waals surface area contributed by atoms with Gasteiger partial charge in [0.2, 0.25) is 0 Å². The number of benzene rings is 1. The van der Waals surface area contributed by atoms with Crippen molar-refractivity contribution in [2.45, 2.75) is 39.7 Å². The number of rotatable bonds is 7. The molecule has 0 radical (unpaired) electrons. The van der Waals surface area contributed by atoms with Crippen molar-refractivity contribution in [1.29, 1.82) is 0 Å². The maximum atomic E-state index is 12.6. The van der Waals surface area contributed by atoms with Crippen LogP contribution in [0.25, 0.3) is 10.8 Å². The Morgan fingerprint density at radius 1 is 1.11 bits per heavy atom. The number of hydrogen-bond acceptors (Lipinski definition) is 4. The molecular weight excluding hydrogens is 344 g/mol. The lowest BCUT2D eigenvalue weighted by molar-refractivity contribution is -0.117. The number of carbonyl (C=O) groups is 2. The van der Waals surface area contributed by atoms with Crippen LogP contribution in [0.2, 0.25) is 0 Å². The van der Waals surface area contributed by atoms with E-state index in [1.54, 1.807) is 42.5 Å². The highest BCUT2D eigenvalue weighted by molar-refractivity contribution is 6.05. The third kappa shape index (κ3) is 5.37. The fourth-order valence-corrected chi connectivity index (χ4v) is 2.54. The van der Waals surface area contributed by atoms with Gasteiger partial charge in [0.05, 0.1) is 5.39 Å². The average Bonchev–Trinajstić information content (AvgIpc) is 2.68. The van der Waals surface area contributed by atoms with Gasteiger partial charge in [-0.3, -0.25) is 25.2 Å². The maximum absolute atomic E-state index is 12.6. The van der Waals surface area contributed by atoms with Gasteiger partial charge in [-0.1, -0.05) is 56.2 Å². The summed E-state index contributed by atoms with van der Waals surface area (Å²) < 4.78 is 1.32. The summed E-state index contributed by atoms with van der Waals surface area (Å²) in [5, 5.41) is 5.11. The molecule has 0 saturated heterocycles. The first kappa shape index (κ1) is 20.1. The van der Waals surface area contributed by atoms with Gasteiger partial charge in [-0.05, 0) is 19.4 Å². The number of amides is 2. The molecule has 7 nitrogen and oxygen atoms in total. The zero-order chi connectivity index (χ0) is 19.6. The topological polar surface area (TPSA) is 93.1 Å². The molecule has 2 rings (SSSR count). The van der Waals surface area contributed by atoms with E-state index in [0.717, 1.165) is 19.3 Å². The first-order valence-electron chi connectivity index (χ1n) is 8.98. The van der Waals surface area contributed by atoms with Gasteiger partial charge in [0.15, 0.2) is 5.69 Å². The molecule has 0 aliphatic rings. The Labute approximate surface area is 157 Å². The van der Waals surface area contributed by atoms with Crippen LogP contribution in [0.3, 0.4) is 0 Å². The highest BCUT2D eigenvalue weighted by atomic mass is 16.2.